The summed E-state index contributed by atoms with van der Waals surface area (Å²) in [7, 11) is 1.69. The predicted octanol–water partition coefficient (Wildman–Crippen LogP) is 2.13. The van der Waals surface area contributed by atoms with Gasteiger partial charge in [-0.15, -0.1) is 0 Å². The molecule has 0 saturated heterocycles. The molecule has 4 heterocycles. The Bertz CT molecular complexity index is 1330. The number of hydrogen-bond acceptors (Lipinski definition) is 8. The highest BCUT2D eigenvalue weighted by Crippen LogP contribution is 2.30. The van der Waals surface area contributed by atoms with E-state index in [4.69, 9.17) is 0 Å². The molecule has 4 rings (SSSR count). The van der Waals surface area contributed by atoms with Crippen LogP contribution >= 0.6 is 0 Å². The van der Waals surface area contributed by atoms with Gasteiger partial charge in [0, 0.05) is 37.3 Å². The summed E-state index contributed by atoms with van der Waals surface area (Å²) in [6.07, 6.45) is -1.81. The molecule has 0 aromatic carbocycles. The molecular weight excluding hydrogens is 457 g/mol. The minimum Gasteiger partial charge on any atom is -0.395 e. The molecule has 0 spiro atoms. The van der Waals surface area contributed by atoms with Crippen molar-refractivity contribution in [3.05, 3.63) is 48.2 Å². The van der Waals surface area contributed by atoms with Crippen LogP contribution in [0.5, 0.6) is 0 Å². The molecule has 0 saturated carbocycles. The molecular formula is C21H19F3N6O4. The third-order valence-electron chi connectivity index (χ3n) is 5.12. The zero-order valence-electron chi connectivity index (χ0n) is 17.8. The van der Waals surface area contributed by atoms with Crippen LogP contribution in [0.25, 0.3) is 33.7 Å². The van der Waals surface area contributed by atoms with Gasteiger partial charge < -0.3 is 24.2 Å². The van der Waals surface area contributed by atoms with E-state index in [-0.39, 0.29) is 43.6 Å². The highest BCUT2D eigenvalue weighted by atomic mass is 19.4. The van der Waals surface area contributed by atoms with Crippen molar-refractivity contribution in [2.75, 3.05) is 26.3 Å². The van der Waals surface area contributed by atoms with Crippen LogP contribution in [0.3, 0.4) is 0 Å². The van der Waals surface area contributed by atoms with Crippen LogP contribution in [-0.2, 0) is 13.2 Å². The van der Waals surface area contributed by atoms with Crippen molar-refractivity contribution in [2.45, 2.75) is 6.18 Å². The lowest BCUT2D eigenvalue weighted by Gasteiger charge is -2.20. The maximum atomic E-state index is 12.9. The number of pyridine rings is 2. The number of amides is 1. The van der Waals surface area contributed by atoms with Gasteiger partial charge >= 0.3 is 12.1 Å². The highest BCUT2D eigenvalue weighted by molar-refractivity contribution is 5.99. The summed E-state index contributed by atoms with van der Waals surface area (Å²) in [4.78, 5) is 26.2. The lowest BCUT2D eigenvalue weighted by Crippen LogP contribution is -2.36. The average molecular weight is 476 g/mol. The maximum absolute atomic E-state index is 12.9. The standard InChI is InChI=1S/C21H19F3N6O4/c1-29-16(19(33)30(4-6-31)5-7-32)10-13-9-15(26-11-17(13)29)14-8-12(2-3-25-14)18-27-20(34-28-18)21(22,23)24/h2-3,8-11,31-32H,4-7H2,1H3. The molecule has 0 radical (unpaired) electrons. The number of carbonyl (C=O) groups excluding carboxylic acids is 1. The Labute approximate surface area is 190 Å². The molecule has 0 unspecified atom stereocenters. The number of aromatic nitrogens is 5. The molecule has 0 aliphatic rings. The Hall–Kier alpha value is -3.84. The minimum atomic E-state index is -4.75. The molecule has 10 nitrogen and oxygen atoms in total. The van der Waals surface area contributed by atoms with Crippen LogP contribution in [0.4, 0.5) is 13.2 Å². The smallest absolute Gasteiger partial charge is 0.395 e. The number of aliphatic hydroxyl groups excluding tert-OH is 2. The Balaban J connectivity index is 1.68. The van der Waals surface area contributed by atoms with Crippen LogP contribution in [0.15, 0.2) is 41.2 Å². The van der Waals surface area contributed by atoms with Gasteiger partial charge in [0.25, 0.3) is 5.91 Å². The number of alkyl halides is 3. The Morgan fingerprint density at radius 3 is 2.47 bits per heavy atom. The van der Waals surface area contributed by atoms with Gasteiger partial charge in [-0.1, -0.05) is 5.16 Å². The fourth-order valence-corrected chi connectivity index (χ4v) is 3.46. The normalized spacial score (nSPS) is 11.8. The van der Waals surface area contributed by atoms with E-state index < -0.39 is 12.1 Å². The van der Waals surface area contributed by atoms with Crippen LogP contribution < -0.4 is 0 Å². The molecule has 0 bridgehead atoms. The number of rotatable bonds is 7. The van der Waals surface area contributed by atoms with Gasteiger partial charge in [0.2, 0.25) is 5.82 Å². The lowest BCUT2D eigenvalue weighted by atomic mass is 10.1. The zero-order chi connectivity index (χ0) is 24.5. The summed E-state index contributed by atoms with van der Waals surface area (Å²) >= 11 is 0. The second kappa shape index (κ2) is 9.19. The molecule has 34 heavy (non-hydrogen) atoms. The third-order valence-corrected chi connectivity index (χ3v) is 5.12. The molecule has 0 atom stereocenters. The van der Waals surface area contributed by atoms with Crippen molar-refractivity contribution in [3.63, 3.8) is 0 Å². The van der Waals surface area contributed by atoms with Gasteiger partial charge in [0.05, 0.1) is 36.3 Å². The van der Waals surface area contributed by atoms with Gasteiger partial charge in [0.1, 0.15) is 5.69 Å². The fourth-order valence-electron chi connectivity index (χ4n) is 3.46. The van der Waals surface area contributed by atoms with E-state index in [1.54, 1.807) is 29.9 Å². The molecule has 4 aromatic heterocycles. The number of aliphatic hydroxyl groups is 2. The summed E-state index contributed by atoms with van der Waals surface area (Å²) in [6, 6.07) is 6.28. The Morgan fingerprint density at radius 1 is 1.12 bits per heavy atom. The van der Waals surface area contributed by atoms with Crippen molar-refractivity contribution in [2.24, 2.45) is 7.05 Å². The number of halogens is 3. The van der Waals surface area contributed by atoms with E-state index >= 15 is 0 Å². The first-order valence-electron chi connectivity index (χ1n) is 10.1. The van der Waals surface area contributed by atoms with Crippen molar-refractivity contribution < 1.29 is 32.7 Å². The number of carbonyl (C=O) groups is 1. The molecule has 1 amide bonds. The van der Waals surface area contributed by atoms with E-state index in [2.05, 4.69) is 24.6 Å². The molecule has 2 N–H and O–H groups in total. The van der Waals surface area contributed by atoms with Gasteiger partial charge in [0.15, 0.2) is 0 Å². The Morgan fingerprint density at radius 2 is 1.82 bits per heavy atom. The molecule has 0 aliphatic carbocycles. The van der Waals surface area contributed by atoms with Gasteiger partial charge in [-0.25, -0.2) is 0 Å². The summed E-state index contributed by atoms with van der Waals surface area (Å²) in [5.74, 6) is -2.04. The summed E-state index contributed by atoms with van der Waals surface area (Å²) in [5.41, 5.74) is 2.03. The number of hydrogen-bond donors (Lipinski definition) is 2. The second-order valence-electron chi connectivity index (χ2n) is 7.31. The van der Waals surface area contributed by atoms with E-state index in [1.807, 2.05) is 0 Å². The van der Waals surface area contributed by atoms with Crippen molar-refractivity contribution in [3.8, 4) is 22.8 Å². The van der Waals surface area contributed by atoms with Crippen LogP contribution in [0.1, 0.15) is 16.4 Å². The van der Waals surface area contributed by atoms with Gasteiger partial charge in [-0.2, -0.15) is 18.2 Å². The van der Waals surface area contributed by atoms with Crippen LogP contribution in [0, 0.1) is 0 Å². The molecule has 0 aliphatic heterocycles. The largest absolute Gasteiger partial charge is 0.471 e. The molecule has 0 fully saturated rings. The summed E-state index contributed by atoms with van der Waals surface area (Å²) in [5, 5.41) is 22.5. The number of nitrogens with zero attached hydrogens (tertiary/aromatic N) is 6. The third kappa shape index (κ3) is 4.47. The summed E-state index contributed by atoms with van der Waals surface area (Å²) < 4.78 is 44.2. The minimum absolute atomic E-state index is 0.0767. The SMILES string of the molecule is Cn1c(C(=O)N(CCO)CCO)cc2cc(-c3cc(-c4noc(C(F)(F)F)n4)ccn3)ncc21. The van der Waals surface area contributed by atoms with Gasteiger partial charge in [-0.3, -0.25) is 14.8 Å². The first kappa shape index (κ1) is 23.3. The van der Waals surface area contributed by atoms with Crippen molar-refractivity contribution in [1.82, 2.24) is 29.6 Å². The first-order valence-corrected chi connectivity index (χ1v) is 10.1. The van der Waals surface area contributed by atoms with Crippen LogP contribution in [0.2, 0.25) is 0 Å². The molecule has 13 heteroatoms. The Kier molecular flexibility index (Phi) is 6.30. The highest BCUT2D eigenvalue weighted by Gasteiger charge is 2.38. The first-order chi connectivity index (χ1) is 16.2. The maximum Gasteiger partial charge on any atom is 0.471 e. The average Bonchev–Trinajstić information content (AvgIpc) is 3.44. The fraction of sp³-hybridized carbons (Fsp3) is 0.286. The number of aryl methyl sites for hydroxylation is 1. The predicted molar refractivity (Wildman–Crippen MR) is 112 cm³/mol. The van der Waals surface area contributed by atoms with E-state index in [1.165, 1.54) is 23.2 Å². The summed E-state index contributed by atoms with van der Waals surface area (Å²) in [6.45, 7) is -0.330. The molecule has 4 aromatic rings. The van der Waals surface area contributed by atoms with Crippen molar-refractivity contribution >= 4 is 16.8 Å². The van der Waals surface area contributed by atoms with Gasteiger partial charge in [-0.05, 0) is 24.3 Å². The van der Waals surface area contributed by atoms with Crippen molar-refractivity contribution in [1.29, 1.82) is 0 Å². The zero-order valence-corrected chi connectivity index (χ0v) is 17.8. The number of fused-ring (bicyclic) bond motifs is 1. The second-order valence-corrected chi connectivity index (χ2v) is 7.31. The van der Waals surface area contributed by atoms with E-state index in [0.29, 0.717) is 28.0 Å². The van der Waals surface area contributed by atoms with E-state index in [9.17, 15) is 28.2 Å². The quantitative estimate of drug-likeness (QED) is 0.415. The molecule has 178 valence electrons. The topological polar surface area (TPSA) is 130 Å². The monoisotopic (exact) mass is 476 g/mol. The van der Waals surface area contributed by atoms with Crippen LogP contribution in [-0.4, -0.2) is 72.0 Å². The van der Waals surface area contributed by atoms with E-state index in [0.717, 1.165) is 0 Å². The lowest BCUT2D eigenvalue weighted by molar-refractivity contribution is -0.159.